The van der Waals surface area contributed by atoms with Gasteiger partial charge in [-0.1, -0.05) is 24.3 Å². The van der Waals surface area contributed by atoms with Crippen molar-refractivity contribution in [3.63, 3.8) is 0 Å². The molecule has 0 aliphatic carbocycles. The molecule has 2 N–H and O–H groups in total. The van der Waals surface area contributed by atoms with E-state index in [1.54, 1.807) is 49.4 Å². The first-order valence-electron chi connectivity index (χ1n) is 7.06. The smallest absolute Gasteiger partial charge is 0.262 e. The zero-order chi connectivity index (χ0) is 16.4. The van der Waals surface area contributed by atoms with E-state index in [-0.39, 0.29) is 24.0 Å². The fraction of sp³-hybridized carbons (Fsp3) is 0.188. The fourth-order valence-electron chi connectivity index (χ4n) is 2.34. The van der Waals surface area contributed by atoms with Crippen LogP contribution >= 0.6 is 0 Å². The average molecular weight is 332 g/mol. The lowest BCUT2D eigenvalue weighted by molar-refractivity contribution is -0.118. The predicted molar refractivity (Wildman–Crippen MR) is 85.8 cm³/mol. The first-order chi connectivity index (χ1) is 11.0. The number of hydrogen-bond donors (Lipinski definition) is 2. The van der Waals surface area contributed by atoms with E-state index in [4.69, 9.17) is 4.74 Å². The molecule has 1 aliphatic heterocycles. The molecule has 3 rings (SSSR count). The Morgan fingerprint density at radius 1 is 1.22 bits per heavy atom. The number of rotatable bonds is 4. The van der Waals surface area contributed by atoms with Crippen molar-refractivity contribution in [1.29, 1.82) is 0 Å². The van der Waals surface area contributed by atoms with Crippen LogP contribution in [0.5, 0.6) is 5.75 Å². The zero-order valence-electron chi connectivity index (χ0n) is 12.5. The second-order valence-electron chi connectivity index (χ2n) is 5.26. The van der Waals surface area contributed by atoms with Gasteiger partial charge >= 0.3 is 0 Å². The van der Waals surface area contributed by atoms with E-state index in [9.17, 15) is 13.2 Å². The van der Waals surface area contributed by atoms with Gasteiger partial charge in [0.1, 0.15) is 5.75 Å². The van der Waals surface area contributed by atoms with Crippen molar-refractivity contribution in [2.75, 3.05) is 11.9 Å². The normalized spacial score (nSPS) is 13.9. The fourth-order valence-corrected chi connectivity index (χ4v) is 3.60. The Labute approximate surface area is 134 Å². The molecule has 0 saturated heterocycles. The van der Waals surface area contributed by atoms with E-state index >= 15 is 0 Å². The third kappa shape index (κ3) is 3.35. The molecule has 0 saturated carbocycles. The van der Waals surface area contributed by atoms with Gasteiger partial charge in [-0.15, -0.1) is 0 Å². The third-order valence-corrected chi connectivity index (χ3v) is 5.09. The van der Waals surface area contributed by atoms with Gasteiger partial charge in [0.05, 0.1) is 10.6 Å². The Bertz CT molecular complexity index is 862. The van der Waals surface area contributed by atoms with Crippen molar-refractivity contribution < 1.29 is 17.9 Å². The Morgan fingerprint density at radius 2 is 2.00 bits per heavy atom. The summed E-state index contributed by atoms with van der Waals surface area (Å²) in [6.45, 7) is 1.86. The quantitative estimate of drug-likeness (QED) is 0.894. The molecular formula is C16H16N2O4S. The highest BCUT2D eigenvalue weighted by Crippen LogP contribution is 2.28. The van der Waals surface area contributed by atoms with E-state index in [2.05, 4.69) is 10.0 Å². The minimum absolute atomic E-state index is 0.0363. The summed E-state index contributed by atoms with van der Waals surface area (Å²) in [6, 6.07) is 12.0. The molecule has 0 bridgehead atoms. The van der Waals surface area contributed by atoms with Crippen LogP contribution < -0.4 is 14.8 Å². The van der Waals surface area contributed by atoms with E-state index < -0.39 is 10.0 Å². The van der Waals surface area contributed by atoms with Crippen molar-refractivity contribution >= 4 is 21.6 Å². The Kier molecular flexibility index (Phi) is 4.06. The highest BCUT2D eigenvalue weighted by Gasteiger charge is 2.18. The van der Waals surface area contributed by atoms with Gasteiger partial charge in [-0.25, -0.2) is 13.1 Å². The van der Waals surface area contributed by atoms with Crippen LogP contribution in [0, 0.1) is 6.92 Å². The Balaban J connectivity index is 1.76. The van der Waals surface area contributed by atoms with Gasteiger partial charge in [0.25, 0.3) is 5.91 Å². The maximum Gasteiger partial charge on any atom is 0.262 e. The summed E-state index contributed by atoms with van der Waals surface area (Å²) in [5.74, 6) is 0.336. The van der Waals surface area contributed by atoms with Gasteiger partial charge in [0.2, 0.25) is 10.0 Å². The number of ether oxygens (including phenoxy) is 1. The van der Waals surface area contributed by atoms with E-state index in [1.165, 1.54) is 0 Å². The molecule has 0 spiro atoms. The van der Waals surface area contributed by atoms with Crippen LogP contribution in [0.2, 0.25) is 0 Å². The molecule has 120 valence electrons. The van der Waals surface area contributed by atoms with E-state index in [0.29, 0.717) is 17.0 Å². The maximum atomic E-state index is 12.4. The van der Waals surface area contributed by atoms with Crippen LogP contribution in [-0.2, 0) is 21.4 Å². The first kappa shape index (κ1) is 15.5. The van der Waals surface area contributed by atoms with Crippen molar-refractivity contribution in [2.45, 2.75) is 18.4 Å². The first-order valence-corrected chi connectivity index (χ1v) is 8.55. The second kappa shape index (κ2) is 6.02. The number of aryl methyl sites for hydroxylation is 1. The van der Waals surface area contributed by atoms with Gasteiger partial charge in [0.15, 0.2) is 6.61 Å². The molecule has 2 aromatic rings. The Morgan fingerprint density at radius 3 is 2.78 bits per heavy atom. The zero-order valence-corrected chi connectivity index (χ0v) is 13.3. The minimum Gasteiger partial charge on any atom is -0.482 e. The van der Waals surface area contributed by atoms with Gasteiger partial charge < -0.3 is 10.1 Å². The van der Waals surface area contributed by atoms with Crippen LogP contribution in [0.15, 0.2) is 47.4 Å². The van der Waals surface area contributed by atoms with E-state index in [1.807, 2.05) is 0 Å². The largest absolute Gasteiger partial charge is 0.482 e. The Hall–Kier alpha value is -2.38. The number of sulfonamides is 1. The summed E-state index contributed by atoms with van der Waals surface area (Å²) in [4.78, 5) is 11.5. The second-order valence-corrected chi connectivity index (χ2v) is 6.99. The summed E-state index contributed by atoms with van der Waals surface area (Å²) < 4.78 is 32.6. The van der Waals surface area contributed by atoms with Crippen LogP contribution in [0.25, 0.3) is 0 Å². The molecule has 1 heterocycles. The molecule has 2 aromatic carbocycles. The van der Waals surface area contributed by atoms with Crippen molar-refractivity contribution in [2.24, 2.45) is 0 Å². The number of nitrogens with one attached hydrogen (secondary N) is 2. The van der Waals surface area contributed by atoms with Gasteiger partial charge in [-0.2, -0.15) is 0 Å². The molecule has 0 fully saturated rings. The SMILES string of the molecule is Cc1ccccc1S(=O)(=O)NCc1ccc2c(c1)OCC(=O)N2. The summed E-state index contributed by atoms with van der Waals surface area (Å²) >= 11 is 0. The van der Waals surface area contributed by atoms with Crippen LogP contribution in [0.3, 0.4) is 0 Å². The predicted octanol–water partition coefficient (Wildman–Crippen LogP) is 1.80. The number of fused-ring (bicyclic) bond motifs is 1. The molecule has 6 nitrogen and oxygen atoms in total. The molecule has 0 atom stereocenters. The lowest BCUT2D eigenvalue weighted by atomic mass is 10.2. The molecule has 23 heavy (non-hydrogen) atoms. The number of hydrogen-bond acceptors (Lipinski definition) is 4. The summed E-state index contributed by atoms with van der Waals surface area (Å²) in [6.07, 6.45) is 0. The molecule has 0 unspecified atom stereocenters. The standard InChI is InChI=1S/C16H16N2O4S/c1-11-4-2-3-5-15(11)23(20,21)17-9-12-6-7-13-14(8-12)22-10-16(19)18-13/h2-8,17H,9-10H2,1H3,(H,18,19). The number of carbonyl (C=O) groups excluding carboxylic acids is 1. The van der Waals surface area contributed by atoms with Gasteiger partial charge in [-0.3, -0.25) is 4.79 Å². The molecule has 7 heteroatoms. The van der Waals surface area contributed by atoms with Crippen LogP contribution in [0.1, 0.15) is 11.1 Å². The van der Waals surface area contributed by atoms with Crippen molar-refractivity contribution in [3.05, 3.63) is 53.6 Å². The minimum atomic E-state index is -3.58. The van der Waals surface area contributed by atoms with Crippen LogP contribution in [0.4, 0.5) is 5.69 Å². The molecule has 1 amide bonds. The van der Waals surface area contributed by atoms with Crippen molar-refractivity contribution in [1.82, 2.24) is 4.72 Å². The third-order valence-electron chi connectivity index (χ3n) is 3.53. The summed E-state index contributed by atoms with van der Waals surface area (Å²) in [5, 5.41) is 2.69. The summed E-state index contributed by atoms with van der Waals surface area (Å²) in [7, 11) is -3.58. The number of amides is 1. The monoisotopic (exact) mass is 332 g/mol. The average Bonchev–Trinajstić information content (AvgIpc) is 2.53. The van der Waals surface area contributed by atoms with Crippen molar-refractivity contribution in [3.8, 4) is 5.75 Å². The molecule has 0 aromatic heterocycles. The number of anilines is 1. The van der Waals surface area contributed by atoms with E-state index in [0.717, 1.165) is 5.56 Å². The molecule has 1 aliphatic rings. The molecule has 0 radical (unpaired) electrons. The maximum absolute atomic E-state index is 12.4. The van der Waals surface area contributed by atoms with Gasteiger partial charge in [0, 0.05) is 6.54 Å². The topological polar surface area (TPSA) is 84.5 Å². The highest BCUT2D eigenvalue weighted by molar-refractivity contribution is 7.89. The lowest BCUT2D eigenvalue weighted by Gasteiger charge is -2.18. The van der Waals surface area contributed by atoms with Gasteiger partial charge in [-0.05, 0) is 36.2 Å². The highest BCUT2D eigenvalue weighted by atomic mass is 32.2. The number of benzene rings is 2. The molecular weight excluding hydrogens is 316 g/mol. The summed E-state index contributed by atoms with van der Waals surface area (Å²) in [5.41, 5.74) is 2.03. The van der Waals surface area contributed by atoms with Crippen LogP contribution in [-0.4, -0.2) is 20.9 Å². The lowest BCUT2D eigenvalue weighted by Crippen LogP contribution is -2.26. The number of carbonyl (C=O) groups is 1.